The highest BCUT2D eigenvalue weighted by molar-refractivity contribution is 5.82. The first-order chi connectivity index (χ1) is 14.2. The number of amides is 2. The molecule has 1 aliphatic heterocycles. The first-order valence-electron chi connectivity index (χ1n) is 10.4. The van der Waals surface area contributed by atoms with Crippen LogP contribution in [0.1, 0.15) is 38.8 Å². The van der Waals surface area contributed by atoms with Gasteiger partial charge in [-0.1, -0.05) is 45.0 Å². The van der Waals surface area contributed by atoms with Gasteiger partial charge in [0.15, 0.2) is 6.10 Å². The van der Waals surface area contributed by atoms with Gasteiger partial charge in [0, 0.05) is 25.3 Å². The summed E-state index contributed by atoms with van der Waals surface area (Å²) in [5.74, 6) is 0.576. The quantitative estimate of drug-likeness (QED) is 0.770. The maximum absolute atomic E-state index is 12.5. The monoisotopic (exact) mass is 409 g/mol. The van der Waals surface area contributed by atoms with Crippen molar-refractivity contribution in [1.29, 1.82) is 0 Å². The molecule has 2 aromatic carbocycles. The summed E-state index contributed by atoms with van der Waals surface area (Å²) in [6.07, 6.45) is -0.591. The molecule has 2 N–H and O–H groups in total. The number of nitrogens with one attached hydrogen (secondary N) is 2. The molecular formula is C24H31N3O3. The van der Waals surface area contributed by atoms with Crippen molar-refractivity contribution in [2.24, 2.45) is 0 Å². The van der Waals surface area contributed by atoms with E-state index in [1.165, 1.54) is 5.56 Å². The van der Waals surface area contributed by atoms with Gasteiger partial charge < -0.3 is 20.3 Å². The van der Waals surface area contributed by atoms with Crippen LogP contribution < -0.4 is 20.3 Å². The Bertz CT molecular complexity index is 887. The van der Waals surface area contributed by atoms with E-state index >= 15 is 0 Å². The molecule has 1 heterocycles. The van der Waals surface area contributed by atoms with Gasteiger partial charge in [0.1, 0.15) is 5.75 Å². The van der Waals surface area contributed by atoms with Crippen LogP contribution in [-0.4, -0.2) is 37.6 Å². The van der Waals surface area contributed by atoms with E-state index < -0.39 is 6.10 Å². The number of carbonyl (C=O) groups is 2. The van der Waals surface area contributed by atoms with Gasteiger partial charge in [0.05, 0.1) is 6.54 Å². The highest BCUT2D eigenvalue weighted by Gasteiger charge is 2.18. The first kappa shape index (κ1) is 21.7. The van der Waals surface area contributed by atoms with Crippen molar-refractivity contribution >= 4 is 17.5 Å². The first-order valence-corrected chi connectivity index (χ1v) is 10.4. The van der Waals surface area contributed by atoms with E-state index in [-0.39, 0.29) is 17.2 Å². The number of carbonyl (C=O) groups excluding carboxylic acids is 2. The Morgan fingerprint density at radius 1 is 1.20 bits per heavy atom. The fourth-order valence-electron chi connectivity index (χ4n) is 3.31. The maximum Gasteiger partial charge on any atom is 0.261 e. The van der Waals surface area contributed by atoms with E-state index in [2.05, 4.69) is 37.5 Å². The lowest BCUT2D eigenvalue weighted by Crippen LogP contribution is -2.47. The van der Waals surface area contributed by atoms with Crippen molar-refractivity contribution in [1.82, 2.24) is 10.6 Å². The Morgan fingerprint density at radius 3 is 2.60 bits per heavy atom. The zero-order chi connectivity index (χ0) is 21.7. The van der Waals surface area contributed by atoms with Gasteiger partial charge in [-0.15, -0.1) is 0 Å². The molecule has 1 fully saturated rings. The zero-order valence-electron chi connectivity index (χ0n) is 18.2. The molecule has 1 atom stereocenters. The van der Waals surface area contributed by atoms with Crippen molar-refractivity contribution in [2.45, 2.75) is 45.8 Å². The summed E-state index contributed by atoms with van der Waals surface area (Å²) in [5, 5.41) is 5.75. The second-order valence-corrected chi connectivity index (χ2v) is 8.69. The number of rotatable bonds is 6. The molecule has 0 saturated carbocycles. The smallest absolute Gasteiger partial charge is 0.261 e. The molecule has 1 saturated heterocycles. The predicted molar refractivity (Wildman–Crippen MR) is 119 cm³/mol. The van der Waals surface area contributed by atoms with Crippen LogP contribution >= 0.6 is 0 Å². The Balaban J connectivity index is 1.52. The lowest BCUT2D eigenvalue weighted by Gasteiger charge is -2.28. The summed E-state index contributed by atoms with van der Waals surface area (Å²) in [7, 11) is 0. The molecular weight excluding hydrogens is 378 g/mol. The van der Waals surface area contributed by atoms with Gasteiger partial charge in [-0.3, -0.25) is 9.59 Å². The molecule has 2 amide bonds. The number of nitrogens with zero attached hydrogens (tertiary/aromatic N) is 1. The van der Waals surface area contributed by atoms with E-state index in [1.807, 2.05) is 47.4 Å². The Kier molecular flexibility index (Phi) is 6.65. The summed E-state index contributed by atoms with van der Waals surface area (Å²) in [6.45, 7) is 10.5. The van der Waals surface area contributed by atoms with E-state index in [1.54, 1.807) is 6.92 Å². The predicted octanol–water partition coefficient (Wildman–Crippen LogP) is 3.00. The summed E-state index contributed by atoms with van der Waals surface area (Å²) >= 11 is 0. The lowest BCUT2D eigenvalue weighted by atomic mass is 9.87. The Hall–Kier alpha value is -3.02. The fourth-order valence-corrected chi connectivity index (χ4v) is 3.31. The van der Waals surface area contributed by atoms with Gasteiger partial charge in [0.25, 0.3) is 5.91 Å². The third-order valence-corrected chi connectivity index (χ3v) is 5.19. The number of piperazine rings is 1. The highest BCUT2D eigenvalue weighted by Crippen LogP contribution is 2.26. The number of anilines is 1. The van der Waals surface area contributed by atoms with E-state index in [4.69, 9.17) is 4.74 Å². The molecule has 0 radical (unpaired) electrons. The van der Waals surface area contributed by atoms with Crippen LogP contribution in [0.2, 0.25) is 0 Å². The molecule has 6 nitrogen and oxygen atoms in total. The molecule has 30 heavy (non-hydrogen) atoms. The summed E-state index contributed by atoms with van der Waals surface area (Å²) in [4.78, 5) is 26.0. The van der Waals surface area contributed by atoms with Crippen molar-refractivity contribution in [3.63, 3.8) is 0 Å². The van der Waals surface area contributed by atoms with Gasteiger partial charge in [-0.25, -0.2) is 0 Å². The van der Waals surface area contributed by atoms with Gasteiger partial charge in [-0.2, -0.15) is 0 Å². The molecule has 0 aromatic heterocycles. The molecule has 1 aliphatic rings. The minimum Gasteiger partial charge on any atom is -0.481 e. The van der Waals surface area contributed by atoms with Crippen molar-refractivity contribution < 1.29 is 14.3 Å². The molecule has 2 aromatic rings. The zero-order valence-corrected chi connectivity index (χ0v) is 18.2. The summed E-state index contributed by atoms with van der Waals surface area (Å²) < 4.78 is 5.85. The van der Waals surface area contributed by atoms with Crippen LogP contribution in [0.25, 0.3) is 0 Å². The largest absolute Gasteiger partial charge is 0.481 e. The topological polar surface area (TPSA) is 70.7 Å². The van der Waals surface area contributed by atoms with Crippen LogP contribution in [-0.2, 0) is 21.5 Å². The van der Waals surface area contributed by atoms with Crippen LogP contribution in [0.3, 0.4) is 0 Å². The standard InChI is InChI=1S/C24H31N3O3/c1-17(30-21-7-5-6-19(14-21)24(2,3)4)23(29)26-15-18-8-10-20(11-9-18)27-13-12-25-22(28)16-27/h5-11,14,17H,12-13,15-16H2,1-4H3,(H,25,28)(H,26,29). The minimum atomic E-state index is -0.591. The fraction of sp³-hybridized carbons (Fsp3) is 0.417. The number of ether oxygens (including phenoxy) is 1. The average molecular weight is 410 g/mol. The SMILES string of the molecule is CC(Oc1cccc(C(C)(C)C)c1)C(=O)NCc1ccc(N2CCNC(=O)C2)cc1. The van der Waals surface area contributed by atoms with Crippen molar-refractivity contribution in [3.05, 3.63) is 59.7 Å². The third-order valence-electron chi connectivity index (χ3n) is 5.19. The third kappa shape index (κ3) is 5.75. The van der Waals surface area contributed by atoms with Crippen molar-refractivity contribution in [2.75, 3.05) is 24.5 Å². The molecule has 3 rings (SSSR count). The van der Waals surface area contributed by atoms with Crippen LogP contribution in [0, 0.1) is 0 Å². The molecule has 0 bridgehead atoms. The average Bonchev–Trinajstić information content (AvgIpc) is 2.72. The molecule has 160 valence electrons. The van der Waals surface area contributed by atoms with Gasteiger partial charge >= 0.3 is 0 Å². The van der Waals surface area contributed by atoms with E-state index in [9.17, 15) is 9.59 Å². The van der Waals surface area contributed by atoms with Crippen LogP contribution in [0.4, 0.5) is 5.69 Å². The van der Waals surface area contributed by atoms with Crippen LogP contribution in [0.5, 0.6) is 5.75 Å². The van der Waals surface area contributed by atoms with Crippen molar-refractivity contribution in [3.8, 4) is 5.75 Å². The van der Waals surface area contributed by atoms with Gasteiger partial charge in [0.2, 0.25) is 5.91 Å². The molecule has 6 heteroatoms. The second-order valence-electron chi connectivity index (χ2n) is 8.69. The van der Waals surface area contributed by atoms with Crippen LogP contribution in [0.15, 0.2) is 48.5 Å². The van der Waals surface area contributed by atoms with E-state index in [0.29, 0.717) is 25.4 Å². The normalized spacial score (nSPS) is 15.3. The second kappa shape index (κ2) is 9.20. The van der Waals surface area contributed by atoms with Gasteiger partial charge in [-0.05, 0) is 47.7 Å². The number of hydrogen-bond donors (Lipinski definition) is 2. The number of benzene rings is 2. The summed E-state index contributed by atoms with van der Waals surface area (Å²) in [6, 6.07) is 15.8. The maximum atomic E-state index is 12.5. The minimum absolute atomic E-state index is 0.0228. The number of hydrogen-bond acceptors (Lipinski definition) is 4. The highest BCUT2D eigenvalue weighted by atomic mass is 16.5. The Morgan fingerprint density at radius 2 is 1.93 bits per heavy atom. The van der Waals surface area contributed by atoms with E-state index in [0.717, 1.165) is 17.8 Å². The molecule has 1 unspecified atom stereocenters. The molecule has 0 aliphatic carbocycles. The Labute approximate surface area is 178 Å². The summed E-state index contributed by atoms with van der Waals surface area (Å²) in [5.41, 5.74) is 3.19. The lowest BCUT2D eigenvalue weighted by molar-refractivity contribution is -0.127. The molecule has 0 spiro atoms.